The molecule has 1 aliphatic heterocycles. The van der Waals surface area contributed by atoms with Crippen molar-refractivity contribution in [1.29, 1.82) is 0 Å². The summed E-state index contributed by atoms with van der Waals surface area (Å²) >= 11 is 0. The van der Waals surface area contributed by atoms with Gasteiger partial charge >= 0.3 is 0 Å². The number of anilines is 1. The molecule has 1 aromatic heterocycles. The average Bonchev–Trinajstić information content (AvgIpc) is 2.39. The lowest BCUT2D eigenvalue weighted by Gasteiger charge is -2.36. The molecule has 0 aliphatic carbocycles. The first kappa shape index (κ1) is 12.4. The molecule has 0 aromatic carbocycles. The van der Waals surface area contributed by atoms with Crippen molar-refractivity contribution in [3.63, 3.8) is 0 Å². The molecule has 0 spiro atoms. The van der Waals surface area contributed by atoms with Gasteiger partial charge in [0.25, 0.3) is 0 Å². The lowest BCUT2D eigenvalue weighted by Crippen LogP contribution is -2.42. The van der Waals surface area contributed by atoms with Gasteiger partial charge in [-0.25, -0.2) is 0 Å². The molecule has 1 fully saturated rings. The van der Waals surface area contributed by atoms with Crippen LogP contribution in [0.5, 0.6) is 0 Å². The van der Waals surface area contributed by atoms with E-state index in [4.69, 9.17) is 0 Å². The zero-order valence-corrected chi connectivity index (χ0v) is 11.2. The van der Waals surface area contributed by atoms with E-state index in [1.165, 1.54) is 24.2 Å². The Hall–Kier alpha value is -1.09. The Morgan fingerprint density at radius 3 is 2.47 bits per heavy atom. The van der Waals surface area contributed by atoms with Gasteiger partial charge in [-0.2, -0.15) is 0 Å². The monoisotopic (exact) mass is 233 g/mol. The summed E-state index contributed by atoms with van der Waals surface area (Å²) in [6.45, 7) is 4.44. The first-order valence-electron chi connectivity index (χ1n) is 6.57. The van der Waals surface area contributed by atoms with Gasteiger partial charge in [0.2, 0.25) is 0 Å². The molecule has 3 heteroatoms. The van der Waals surface area contributed by atoms with Crippen LogP contribution >= 0.6 is 0 Å². The number of piperidine rings is 1. The van der Waals surface area contributed by atoms with Crippen molar-refractivity contribution in [2.45, 2.75) is 32.2 Å². The van der Waals surface area contributed by atoms with Crippen LogP contribution in [0, 0.1) is 0 Å². The summed E-state index contributed by atoms with van der Waals surface area (Å²) in [6, 6.07) is 5.10. The van der Waals surface area contributed by atoms with Crippen molar-refractivity contribution < 1.29 is 0 Å². The topological polar surface area (TPSA) is 19.4 Å². The summed E-state index contributed by atoms with van der Waals surface area (Å²) in [7, 11) is 4.36. The fraction of sp³-hybridized carbons (Fsp3) is 0.643. The molecule has 0 N–H and O–H groups in total. The second-order valence-corrected chi connectivity index (χ2v) is 5.04. The quantitative estimate of drug-likeness (QED) is 0.797. The lowest BCUT2D eigenvalue weighted by atomic mass is 10.0. The maximum Gasteiger partial charge on any atom is 0.0552 e. The predicted octanol–water partition coefficient (Wildman–Crippen LogP) is 2.17. The molecule has 0 saturated carbocycles. The first-order chi connectivity index (χ1) is 8.20. The minimum absolute atomic E-state index is 0.745. The Bertz CT molecular complexity index is 337. The van der Waals surface area contributed by atoms with Crippen LogP contribution in [-0.2, 0) is 6.42 Å². The molecule has 3 nitrogen and oxygen atoms in total. The van der Waals surface area contributed by atoms with Crippen LogP contribution < -0.4 is 4.90 Å². The van der Waals surface area contributed by atoms with E-state index in [0.29, 0.717) is 0 Å². The third kappa shape index (κ3) is 2.97. The lowest BCUT2D eigenvalue weighted by molar-refractivity contribution is 0.249. The Morgan fingerprint density at radius 1 is 1.29 bits per heavy atom. The van der Waals surface area contributed by atoms with Crippen LogP contribution in [0.2, 0.25) is 0 Å². The van der Waals surface area contributed by atoms with Crippen molar-refractivity contribution in [1.82, 2.24) is 9.88 Å². The number of aromatic nitrogens is 1. The highest BCUT2D eigenvalue weighted by Gasteiger charge is 2.20. The highest BCUT2D eigenvalue weighted by Crippen LogP contribution is 2.21. The summed E-state index contributed by atoms with van der Waals surface area (Å²) in [5.74, 6) is 0. The second kappa shape index (κ2) is 5.50. The number of hydrogen-bond donors (Lipinski definition) is 0. The van der Waals surface area contributed by atoms with Gasteiger partial charge < -0.3 is 9.80 Å². The maximum atomic E-state index is 4.47. The van der Waals surface area contributed by atoms with Crippen molar-refractivity contribution in [3.8, 4) is 0 Å². The molecular formula is C14H23N3. The van der Waals surface area contributed by atoms with E-state index in [2.05, 4.69) is 47.9 Å². The molecule has 1 aromatic rings. The van der Waals surface area contributed by atoms with Gasteiger partial charge in [0.05, 0.1) is 11.9 Å². The SMILES string of the molecule is CCc1ccc(N2CCC(N(C)C)CC2)cn1. The molecule has 94 valence electrons. The molecule has 0 bridgehead atoms. The average molecular weight is 233 g/mol. The Labute approximate surface area is 104 Å². The molecule has 1 saturated heterocycles. The summed E-state index contributed by atoms with van der Waals surface area (Å²) in [4.78, 5) is 9.27. The van der Waals surface area contributed by atoms with E-state index >= 15 is 0 Å². The highest BCUT2D eigenvalue weighted by molar-refractivity contribution is 5.45. The number of hydrogen-bond acceptors (Lipinski definition) is 3. The maximum absolute atomic E-state index is 4.47. The minimum Gasteiger partial charge on any atom is -0.370 e. The minimum atomic E-state index is 0.745. The van der Waals surface area contributed by atoms with E-state index in [9.17, 15) is 0 Å². The van der Waals surface area contributed by atoms with Crippen LogP contribution in [0.25, 0.3) is 0 Å². The predicted molar refractivity (Wildman–Crippen MR) is 72.5 cm³/mol. The molecular weight excluding hydrogens is 210 g/mol. The number of nitrogens with zero attached hydrogens (tertiary/aromatic N) is 3. The highest BCUT2D eigenvalue weighted by atomic mass is 15.2. The zero-order chi connectivity index (χ0) is 12.3. The molecule has 1 aliphatic rings. The summed E-state index contributed by atoms with van der Waals surface area (Å²) in [5.41, 5.74) is 2.45. The normalized spacial score (nSPS) is 17.8. The van der Waals surface area contributed by atoms with E-state index in [1.807, 2.05) is 6.20 Å². The van der Waals surface area contributed by atoms with Gasteiger partial charge in [-0.05, 0) is 45.5 Å². The van der Waals surface area contributed by atoms with E-state index in [0.717, 1.165) is 25.6 Å². The van der Waals surface area contributed by atoms with Crippen molar-refractivity contribution in [2.24, 2.45) is 0 Å². The van der Waals surface area contributed by atoms with E-state index in [1.54, 1.807) is 0 Å². The van der Waals surface area contributed by atoms with Gasteiger partial charge in [0.15, 0.2) is 0 Å². The van der Waals surface area contributed by atoms with Gasteiger partial charge in [0, 0.05) is 24.8 Å². The van der Waals surface area contributed by atoms with Gasteiger partial charge in [-0.1, -0.05) is 6.92 Å². The molecule has 0 amide bonds. The summed E-state index contributed by atoms with van der Waals surface area (Å²) in [6.07, 6.45) is 5.54. The number of aryl methyl sites for hydroxylation is 1. The third-order valence-electron chi connectivity index (χ3n) is 3.73. The Morgan fingerprint density at radius 2 is 2.00 bits per heavy atom. The molecule has 0 radical (unpaired) electrons. The zero-order valence-electron chi connectivity index (χ0n) is 11.2. The molecule has 2 rings (SSSR count). The van der Waals surface area contributed by atoms with Gasteiger partial charge in [-0.15, -0.1) is 0 Å². The third-order valence-corrected chi connectivity index (χ3v) is 3.73. The smallest absolute Gasteiger partial charge is 0.0552 e. The van der Waals surface area contributed by atoms with E-state index in [-0.39, 0.29) is 0 Å². The van der Waals surface area contributed by atoms with Crippen molar-refractivity contribution in [2.75, 3.05) is 32.1 Å². The van der Waals surface area contributed by atoms with Crippen LogP contribution in [0.4, 0.5) is 5.69 Å². The van der Waals surface area contributed by atoms with Crippen molar-refractivity contribution in [3.05, 3.63) is 24.0 Å². The van der Waals surface area contributed by atoms with E-state index < -0.39 is 0 Å². The summed E-state index contributed by atoms with van der Waals surface area (Å²) < 4.78 is 0. The molecule has 2 heterocycles. The second-order valence-electron chi connectivity index (χ2n) is 5.04. The van der Waals surface area contributed by atoms with Crippen LogP contribution in [0.3, 0.4) is 0 Å². The van der Waals surface area contributed by atoms with Gasteiger partial charge in [0.1, 0.15) is 0 Å². The Balaban J connectivity index is 1.95. The van der Waals surface area contributed by atoms with Gasteiger partial charge in [-0.3, -0.25) is 4.98 Å². The molecule has 0 unspecified atom stereocenters. The largest absolute Gasteiger partial charge is 0.370 e. The van der Waals surface area contributed by atoms with Crippen LogP contribution in [0.1, 0.15) is 25.5 Å². The number of rotatable bonds is 3. The fourth-order valence-electron chi connectivity index (χ4n) is 2.45. The molecule has 17 heavy (non-hydrogen) atoms. The Kier molecular flexibility index (Phi) is 4.00. The standard InChI is InChI=1S/C14H23N3/c1-4-12-5-6-14(11-15-12)17-9-7-13(8-10-17)16(2)3/h5-6,11,13H,4,7-10H2,1-3H3. The number of pyridine rings is 1. The molecule has 0 atom stereocenters. The first-order valence-corrected chi connectivity index (χ1v) is 6.57. The van der Waals surface area contributed by atoms with Crippen molar-refractivity contribution >= 4 is 5.69 Å². The summed E-state index contributed by atoms with van der Waals surface area (Å²) in [5, 5.41) is 0. The van der Waals surface area contributed by atoms with Crippen LogP contribution in [0.15, 0.2) is 18.3 Å². The van der Waals surface area contributed by atoms with Crippen LogP contribution in [-0.4, -0.2) is 43.1 Å². The fourth-order valence-corrected chi connectivity index (χ4v) is 2.45.